The molecule has 0 aromatic rings. The number of halogens is 2. The predicted octanol–water partition coefficient (Wildman–Crippen LogP) is -4.03. The molecule has 0 radical (unpaired) electrons. The number of hydrogen-bond acceptors (Lipinski definition) is 1. The van der Waals surface area contributed by atoms with Crippen LogP contribution in [-0.4, -0.2) is 34.8 Å². The van der Waals surface area contributed by atoms with Gasteiger partial charge in [0, 0.05) is 6.61 Å². The Labute approximate surface area is 105 Å². The Morgan fingerprint density at radius 1 is 0.833 bits per heavy atom. The molecular weight excluding hydrogens is 207 g/mol. The quantitative estimate of drug-likeness (QED) is 0.361. The monoisotopic (exact) mass is 224 g/mol. The molecule has 72 valence electrons. The Kier molecular flexibility index (Phi) is 44.2. The molecule has 0 aromatic heterocycles. The van der Waals surface area contributed by atoms with E-state index in [1.54, 1.807) is 0 Å². The Morgan fingerprint density at radius 2 is 1.25 bits per heavy atom. The summed E-state index contributed by atoms with van der Waals surface area (Å²) in [5.41, 5.74) is 0. The first kappa shape index (κ1) is 23.3. The maximum absolute atomic E-state index is 8.42. The molecule has 1 nitrogen and oxygen atoms in total. The first-order valence-electron chi connectivity index (χ1n) is 4.02. The molecule has 12 heavy (non-hydrogen) atoms. The van der Waals surface area contributed by atoms with Crippen LogP contribution in [0.15, 0.2) is 0 Å². The summed E-state index contributed by atoms with van der Waals surface area (Å²) >= 11 is 0. The SMILES string of the molecule is CCCCCCCCO.[Cl-].[Cl-].[Mg+2]. The number of hydrogen-bond donors (Lipinski definition) is 1. The van der Waals surface area contributed by atoms with Gasteiger partial charge in [-0.1, -0.05) is 39.0 Å². The minimum Gasteiger partial charge on any atom is -1.00 e. The van der Waals surface area contributed by atoms with E-state index in [-0.39, 0.29) is 47.9 Å². The minimum absolute atomic E-state index is 0. The van der Waals surface area contributed by atoms with Crippen LogP contribution in [0.25, 0.3) is 0 Å². The molecule has 0 amide bonds. The predicted molar refractivity (Wildman–Crippen MR) is 46.2 cm³/mol. The third kappa shape index (κ3) is 22.5. The third-order valence-corrected chi connectivity index (χ3v) is 1.51. The van der Waals surface area contributed by atoms with Crippen LogP contribution in [0, 0.1) is 0 Å². The summed E-state index contributed by atoms with van der Waals surface area (Å²) in [5, 5.41) is 8.42. The molecule has 0 fully saturated rings. The molecule has 0 atom stereocenters. The van der Waals surface area contributed by atoms with Gasteiger partial charge in [-0.15, -0.1) is 0 Å². The standard InChI is InChI=1S/C8H18O.2ClH.Mg/c1-2-3-4-5-6-7-8-9;;;/h9H,2-8H2,1H3;2*1H;/q;;;+2/p-2. The molecule has 0 spiro atoms. The molecule has 0 heterocycles. The van der Waals surface area contributed by atoms with Crippen LogP contribution < -0.4 is 24.8 Å². The van der Waals surface area contributed by atoms with E-state index in [0.29, 0.717) is 6.61 Å². The topological polar surface area (TPSA) is 20.2 Å². The van der Waals surface area contributed by atoms with Gasteiger partial charge in [0.1, 0.15) is 0 Å². The van der Waals surface area contributed by atoms with Gasteiger partial charge in [-0.3, -0.25) is 0 Å². The summed E-state index contributed by atoms with van der Waals surface area (Å²) in [4.78, 5) is 0. The third-order valence-electron chi connectivity index (χ3n) is 1.51. The maximum Gasteiger partial charge on any atom is 2.00 e. The molecule has 1 N–H and O–H groups in total. The Morgan fingerprint density at radius 3 is 1.67 bits per heavy atom. The van der Waals surface area contributed by atoms with E-state index in [9.17, 15) is 0 Å². The van der Waals surface area contributed by atoms with Crippen molar-refractivity contribution in [3.8, 4) is 0 Å². The summed E-state index contributed by atoms with van der Waals surface area (Å²) < 4.78 is 0. The number of rotatable bonds is 6. The molecule has 0 rings (SSSR count). The van der Waals surface area contributed by atoms with E-state index in [1.165, 1.54) is 32.1 Å². The molecule has 0 aliphatic carbocycles. The number of aliphatic hydroxyl groups is 1. The maximum atomic E-state index is 8.42. The van der Waals surface area contributed by atoms with Crippen molar-refractivity contribution in [2.75, 3.05) is 6.61 Å². The van der Waals surface area contributed by atoms with Crippen molar-refractivity contribution >= 4 is 23.1 Å². The van der Waals surface area contributed by atoms with E-state index in [1.807, 2.05) is 0 Å². The summed E-state index contributed by atoms with van der Waals surface area (Å²) in [6.07, 6.45) is 7.50. The van der Waals surface area contributed by atoms with Crippen LogP contribution in [-0.2, 0) is 0 Å². The van der Waals surface area contributed by atoms with Gasteiger partial charge in [-0.2, -0.15) is 0 Å². The first-order valence-corrected chi connectivity index (χ1v) is 4.02. The zero-order chi connectivity index (χ0) is 6.95. The van der Waals surface area contributed by atoms with Crippen LogP contribution in [0.3, 0.4) is 0 Å². The molecular formula is C8H18Cl2MgO. The van der Waals surface area contributed by atoms with Gasteiger partial charge in [0.05, 0.1) is 0 Å². The Hall–Kier alpha value is 1.31. The van der Waals surface area contributed by atoms with Crippen molar-refractivity contribution in [3.63, 3.8) is 0 Å². The fourth-order valence-electron chi connectivity index (χ4n) is 0.892. The fraction of sp³-hybridized carbons (Fsp3) is 1.00. The first-order chi connectivity index (χ1) is 4.41. The Balaban J connectivity index is -0.000000107. The zero-order valence-corrected chi connectivity index (χ0v) is 10.8. The minimum atomic E-state index is 0. The van der Waals surface area contributed by atoms with Crippen LogP contribution in [0.4, 0.5) is 0 Å². The van der Waals surface area contributed by atoms with E-state index in [4.69, 9.17) is 5.11 Å². The molecule has 0 bridgehead atoms. The fourth-order valence-corrected chi connectivity index (χ4v) is 0.892. The van der Waals surface area contributed by atoms with Gasteiger partial charge in [-0.25, -0.2) is 0 Å². The molecule has 0 saturated heterocycles. The van der Waals surface area contributed by atoms with Gasteiger partial charge in [-0.05, 0) is 6.42 Å². The normalized spacial score (nSPS) is 7.50. The van der Waals surface area contributed by atoms with Gasteiger partial charge in [0.15, 0.2) is 0 Å². The van der Waals surface area contributed by atoms with Crippen molar-refractivity contribution in [1.29, 1.82) is 0 Å². The molecule has 0 aliphatic heterocycles. The molecule has 0 aliphatic rings. The molecule has 0 saturated carbocycles. The van der Waals surface area contributed by atoms with Crippen molar-refractivity contribution in [2.24, 2.45) is 0 Å². The zero-order valence-electron chi connectivity index (χ0n) is 7.86. The summed E-state index contributed by atoms with van der Waals surface area (Å²) in [6, 6.07) is 0. The van der Waals surface area contributed by atoms with E-state index >= 15 is 0 Å². The van der Waals surface area contributed by atoms with E-state index < -0.39 is 0 Å². The van der Waals surface area contributed by atoms with Gasteiger partial charge < -0.3 is 29.9 Å². The van der Waals surface area contributed by atoms with Crippen molar-refractivity contribution in [2.45, 2.75) is 45.4 Å². The van der Waals surface area contributed by atoms with Crippen LogP contribution in [0.1, 0.15) is 45.4 Å². The van der Waals surface area contributed by atoms with Crippen molar-refractivity contribution < 1.29 is 29.9 Å². The van der Waals surface area contributed by atoms with E-state index in [2.05, 4.69) is 6.92 Å². The van der Waals surface area contributed by atoms with Crippen molar-refractivity contribution in [3.05, 3.63) is 0 Å². The second-order valence-electron chi connectivity index (χ2n) is 2.49. The smallest absolute Gasteiger partial charge is 1.00 e. The van der Waals surface area contributed by atoms with Gasteiger partial charge >= 0.3 is 23.1 Å². The second-order valence-corrected chi connectivity index (χ2v) is 2.49. The average molecular weight is 225 g/mol. The average Bonchev–Trinajstić information content (AvgIpc) is 1.89. The molecule has 0 aromatic carbocycles. The second kappa shape index (κ2) is 22.8. The van der Waals surface area contributed by atoms with Crippen LogP contribution in [0.5, 0.6) is 0 Å². The summed E-state index contributed by atoms with van der Waals surface area (Å²) in [6.45, 7) is 2.58. The van der Waals surface area contributed by atoms with E-state index in [0.717, 1.165) is 6.42 Å². The number of aliphatic hydroxyl groups excluding tert-OH is 1. The summed E-state index contributed by atoms with van der Waals surface area (Å²) in [5.74, 6) is 0. The Bertz CT molecular complexity index is 50.3. The van der Waals surface area contributed by atoms with Crippen molar-refractivity contribution in [1.82, 2.24) is 0 Å². The largest absolute Gasteiger partial charge is 2.00 e. The summed E-state index contributed by atoms with van der Waals surface area (Å²) in [7, 11) is 0. The van der Waals surface area contributed by atoms with Crippen LogP contribution in [0.2, 0.25) is 0 Å². The molecule has 4 heteroatoms. The number of unbranched alkanes of at least 4 members (excludes halogenated alkanes) is 5. The van der Waals surface area contributed by atoms with Gasteiger partial charge in [0.2, 0.25) is 0 Å². The van der Waals surface area contributed by atoms with Crippen LogP contribution >= 0.6 is 0 Å². The van der Waals surface area contributed by atoms with Gasteiger partial charge in [0.25, 0.3) is 0 Å². The molecule has 0 unspecified atom stereocenters.